The van der Waals surface area contributed by atoms with Gasteiger partial charge in [-0.3, -0.25) is 0 Å². The molecule has 0 bridgehead atoms. The first-order chi connectivity index (χ1) is 9.21. The molecule has 1 aromatic rings. The van der Waals surface area contributed by atoms with Crippen LogP contribution in [0.3, 0.4) is 0 Å². The highest BCUT2D eigenvalue weighted by Gasteiger charge is 2.16. The lowest BCUT2D eigenvalue weighted by molar-refractivity contribution is 0.349. The van der Waals surface area contributed by atoms with E-state index in [-0.39, 0.29) is 0 Å². The lowest BCUT2D eigenvalue weighted by Crippen LogP contribution is -2.28. The summed E-state index contributed by atoms with van der Waals surface area (Å²) in [5.41, 5.74) is 0.890. The molecule has 19 heavy (non-hydrogen) atoms. The molecule has 0 aliphatic heterocycles. The molecule has 0 aliphatic rings. The van der Waals surface area contributed by atoms with Crippen LogP contribution in [0.15, 0.2) is 12.1 Å². The third-order valence-electron chi connectivity index (χ3n) is 2.73. The number of alkyl halides is 2. The SMILES string of the molecule is COc1cc(OC)c(N(CCCl)CCCl)cc1OC. The summed E-state index contributed by atoms with van der Waals surface area (Å²) in [6.45, 7) is 1.36. The van der Waals surface area contributed by atoms with Gasteiger partial charge < -0.3 is 19.1 Å². The minimum absolute atomic E-state index is 0.508. The van der Waals surface area contributed by atoms with Crippen LogP contribution in [0.5, 0.6) is 17.2 Å². The van der Waals surface area contributed by atoms with E-state index < -0.39 is 0 Å². The molecule has 0 saturated carbocycles. The molecule has 6 heteroatoms. The normalized spacial score (nSPS) is 10.2. The van der Waals surface area contributed by atoms with Crippen LogP contribution < -0.4 is 19.1 Å². The molecular weight excluding hydrogens is 289 g/mol. The predicted molar refractivity (Wildman–Crippen MR) is 79.8 cm³/mol. The number of halogens is 2. The van der Waals surface area contributed by atoms with Gasteiger partial charge in [-0.15, -0.1) is 23.2 Å². The fourth-order valence-electron chi connectivity index (χ4n) is 1.82. The van der Waals surface area contributed by atoms with Gasteiger partial charge in [-0.1, -0.05) is 0 Å². The van der Waals surface area contributed by atoms with Gasteiger partial charge in [0.2, 0.25) is 0 Å². The molecule has 108 valence electrons. The third-order valence-corrected chi connectivity index (χ3v) is 3.07. The largest absolute Gasteiger partial charge is 0.494 e. The number of benzene rings is 1. The molecule has 0 amide bonds. The summed E-state index contributed by atoms with van der Waals surface area (Å²) in [7, 11) is 4.80. The Morgan fingerprint density at radius 3 is 1.74 bits per heavy atom. The second-order valence-electron chi connectivity index (χ2n) is 3.74. The summed E-state index contributed by atoms with van der Waals surface area (Å²) in [5.74, 6) is 2.99. The molecule has 0 fully saturated rings. The fraction of sp³-hybridized carbons (Fsp3) is 0.538. The lowest BCUT2D eigenvalue weighted by Gasteiger charge is -2.26. The Balaban J connectivity index is 3.21. The van der Waals surface area contributed by atoms with Crippen LogP contribution in [0.2, 0.25) is 0 Å². The minimum Gasteiger partial charge on any atom is -0.494 e. The van der Waals surface area contributed by atoms with Gasteiger partial charge in [-0.2, -0.15) is 0 Å². The Bertz CT molecular complexity index is 396. The Labute approximate surface area is 124 Å². The van der Waals surface area contributed by atoms with Crippen LogP contribution in [-0.4, -0.2) is 46.2 Å². The van der Waals surface area contributed by atoms with Crippen LogP contribution in [0.4, 0.5) is 5.69 Å². The molecule has 0 N–H and O–H groups in total. The minimum atomic E-state index is 0.508. The highest BCUT2D eigenvalue weighted by molar-refractivity contribution is 6.18. The molecule has 4 nitrogen and oxygen atoms in total. The maximum atomic E-state index is 5.83. The van der Waals surface area contributed by atoms with Crippen molar-refractivity contribution < 1.29 is 14.2 Å². The van der Waals surface area contributed by atoms with Crippen LogP contribution in [-0.2, 0) is 0 Å². The van der Waals surface area contributed by atoms with E-state index in [1.807, 2.05) is 6.07 Å². The van der Waals surface area contributed by atoms with Crippen molar-refractivity contribution in [2.45, 2.75) is 0 Å². The van der Waals surface area contributed by atoms with Crippen molar-refractivity contribution in [1.82, 2.24) is 0 Å². The predicted octanol–water partition coefficient (Wildman–Crippen LogP) is 3.00. The summed E-state index contributed by atoms with van der Waals surface area (Å²) in [5, 5.41) is 0. The lowest BCUT2D eigenvalue weighted by atomic mass is 10.2. The van der Waals surface area contributed by atoms with E-state index in [1.54, 1.807) is 27.4 Å². The Kier molecular flexibility index (Phi) is 6.95. The quantitative estimate of drug-likeness (QED) is 0.691. The van der Waals surface area contributed by atoms with Crippen LogP contribution >= 0.6 is 23.2 Å². The number of anilines is 1. The van der Waals surface area contributed by atoms with Gasteiger partial charge in [-0.25, -0.2) is 0 Å². The van der Waals surface area contributed by atoms with E-state index >= 15 is 0 Å². The maximum Gasteiger partial charge on any atom is 0.164 e. The smallest absolute Gasteiger partial charge is 0.164 e. The number of nitrogens with zero attached hydrogens (tertiary/aromatic N) is 1. The van der Waals surface area contributed by atoms with Crippen molar-refractivity contribution in [3.63, 3.8) is 0 Å². The van der Waals surface area contributed by atoms with Crippen LogP contribution in [0.1, 0.15) is 0 Å². The van der Waals surface area contributed by atoms with Crippen LogP contribution in [0, 0.1) is 0 Å². The summed E-state index contributed by atoms with van der Waals surface area (Å²) in [6.07, 6.45) is 0. The molecule has 0 aliphatic carbocycles. The first-order valence-corrected chi connectivity index (χ1v) is 6.95. The topological polar surface area (TPSA) is 30.9 Å². The number of hydrogen-bond acceptors (Lipinski definition) is 4. The highest BCUT2D eigenvalue weighted by atomic mass is 35.5. The Morgan fingerprint density at radius 1 is 0.842 bits per heavy atom. The molecule has 1 aromatic carbocycles. The molecule has 0 spiro atoms. The van der Waals surface area contributed by atoms with Crippen molar-refractivity contribution in [1.29, 1.82) is 0 Å². The van der Waals surface area contributed by atoms with E-state index in [1.165, 1.54) is 0 Å². The Hall–Kier alpha value is -1.00. The Morgan fingerprint density at radius 2 is 1.32 bits per heavy atom. The maximum absolute atomic E-state index is 5.83. The third kappa shape index (κ3) is 3.98. The second kappa shape index (κ2) is 8.23. The van der Waals surface area contributed by atoms with E-state index in [9.17, 15) is 0 Å². The molecular formula is C13H19Cl2NO3. The summed E-state index contributed by atoms with van der Waals surface area (Å²) in [6, 6.07) is 3.67. The van der Waals surface area contributed by atoms with Crippen molar-refractivity contribution in [3.05, 3.63) is 12.1 Å². The summed E-state index contributed by atoms with van der Waals surface area (Å²) in [4.78, 5) is 2.06. The van der Waals surface area contributed by atoms with Crippen LogP contribution in [0.25, 0.3) is 0 Å². The molecule has 0 atom stereocenters. The average molecular weight is 308 g/mol. The fourth-order valence-corrected chi connectivity index (χ4v) is 2.23. The van der Waals surface area contributed by atoms with Gasteiger partial charge in [0.15, 0.2) is 11.5 Å². The first kappa shape index (κ1) is 16.1. The second-order valence-corrected chi connectivity index (χ2v) is 4.50. The van der Waals surface area contributed by atoms with E-state index in [0.29, 0.717) is 42.1 Å². The molecule has 0 aromatic heterocycles. The molecule has 0 saturated heterocycles. The average Bonchev–Trinajstić information content (AvgIpc) is 2.45. The van der Waals surface area contributed by atoms with Crippen molar-refractivity contribution in [3.8, 4) is 17.2 Å². The molecule has 0 unspecified atom stereocenters. The zero-order chi connectivity index (χ0) is 14.3. The zero-order valence-corrected chi connectivity index (χ0v) is 12.9. The zero-order valence-electron chi connectivity index (χ0n) is 11.4. The van der Waals surface area contributed by atoms with Crippen molar-refractivity contribution in [2.24, 2.45) is 0 Å². The van der Waals surface area contributed by atoms with Gasteiger partial charge in [-0.05, 0) is 0 Å². The van der Waals surface area contributed by atoms with Gasteiger partial charge in [0.05, 0.1) is 27.0 Å². The van der Waals surface area contributed by atoms with E-state index in [4.69, 9.17) is 37.4 Å². The van der Waals surface area contributed by atoms with Gasteiger partial charge >= 0.3 is 0 Å². The van der Waals surface area contributed by atoms with Crippen molar-refractivity contribution in [2.75, 3.05) is 51.1 Å². The van der Waals surface area contributed by atoms with E-state index in [0.717, 1.165) is 5.69 Å². The van der Waals surface area contributed by atoms with Gasteiger partial charge in [0.1, 0.15) is 5.75 Å². The molecule has 0 radical (unpaired) electrons. The highest BCUT2D eigenvalue weighted by Crippen LogP contribution is 2.39. The number of rotatable bonds is 8. The number of hydrogen-bond donors (Lipinski definition) is 0. The van der Waals surface area contributed by atoms with Gasteiger partial charge in [0.25, 0.3) is 0 Å². The number of ether oxygens (including phenoxy) is 3. The summed E-state index contributed by atoms with van der Waals surface area (Å²) >= 11 is 11.7. The summed E-state index contributed by atoms with van der Waals surface area (Å²) < 4.78 is 16.0. The molecule has 0 heterocycles. The van der Waals surface area contributed by atoms with E-state index in [2.05, 4.69) is 4.90 Å². The monoisotopic (exact) mass is 307 g/mol. The molecule has 1 rings (SSSR count). The standard InChI is InChI=1S/C13H19Cl2NO3/c1-17-11-9-13(19-3)12(18-2)8-10(11)16(6-4-14)7-5-15/h8-9H,4-7H2,1-3H3. The van der Waals surface area contributed by atoms with Gasteiger partial charge in [0, 0.05) is 37.0 Å². The number of methoxy groups -OCH3 is 3. The van der Waals surface area contributed by atoms with Crippen molar-refractivity contribution >= 4 is 28.9 Å². The first-order valence-electron chi connectivity index (χ1n) is 5.88.